The van der Waals surface area contributed by atoms with Crippen LogP contribution in [-0.4, -0.2) is 77.8 Å². The Balaban J connectivity index is 1.60. The van der Waals surface area contributed by atoms with E-state index in [2.05, 4.69) is 13.2 Å². The molecule has 240 valence electrons. The quantitative estimate of drug-likeness (QED) is 0.355. The van der Waals surface area contributed by atoms with Crippen molar-refractivity contribution in [3.8, 4) is 5.75 Å². The molecule has 2 aromatic rings. The topological polar surface area (TPSA) is 99.6 Å². The number of β-amino-alcohol motifs (C(OH)–C–C–N with tert-alkyl or cyclic N) is 1. The van der Waals surface area contributed by atoms with Gasteiger partial charge in [0.05, 0.1) is 30.7 Å². The number of nitrogens with zero attached hydrogens (tertiary/aromatic N) is 3. The van der Waals surface area contributed by atoms with Crippen molar-refractivity contribution in [1.82, 2.24) is 4.90 Å². The van der Waals surface area contributed by atoms with Gasteiger partial charge in [-0.3, -0.25) is 14.4 Å². The fourth-order valence-corrected chi connectivity index (χ4v) is 7.84. The van der Waals surface area contributed by atoms with Gasteiger partial charge in [-0.15, -0.1) is 13.2 Å². The van der Waals surface area contributed by atoms with Gasteiger partial charge in [0, 0.05) is 31.0 Å². The molecule has 9 nitrogen and oxygen atoms in total. The number of aliphatic hydroxyl groups is 1. The highest BCUT2D eigenvalue weighted by molar-refractivity contribution is 6.07. The molecule has 0 saturated carbocycles. The Morgan fingerprint density at radius 1 is 1.09 bits per heavy atom. The normalized spacial score (nSPS) is 28.1. The van der Waals surface area contributed by atoms with E-state index in [4.69, 9.17) is 9.47 Å². The second-order valence-electron chi connectivity index (χ2n) is 12.7. The molecule has 9 heteroatoms. The highest BCUT2D eigenvalue weighted by atomic mass is 16.5. The molecule has 3 heterocycles. The first-order chi connectivity index (χ1) is 21.5. The average Bonchev–Trinajstić information content (AvgIpc) is 3.52. The van der Waals surface area contributed by atoms with Crippen LogP contribution in [0.2, 0.25) is 0 Å². The van der Waals surface area contributed by atoms with Crippen LogP contribution in [0.15, 0.2) is 67.8 Å². The first kappa shape index (κ1) is 32.4. The van der Waals surface area contributed by atoms with Crippen molar-refractivity contribution in [2.45, 2.75) is 58.3 Å². The lowest BCUT2D eigenvalue weighted by molar-refractivity contribution is -0.146. The van der Waals surface area contributed by atoms with E-state index in [-0.39, 0.29) is 49.9 Å². The van der Waals surface area contributed by atoms with E-state index in [1.807, 2.05) is 77.1 Å². The molecule has 3 saturated heterocycles. The Hall–Kier alpha value is -3.95. The Morgan fingerprint density at radius 2 is 1.76 bits per heavy atom. The van der Waals surface area contributed by atoms with Crippen LogP contribution in [0.1, 0.15) is 38.3 Å². The molecule has 3 aliphatic rings. The number of fused-ring (bicyclic) bond motifs is 1. The monoisotopic (exact) mass is 615 g/mol. The number of hydrogen-bond acceptors (Lipinski definition) is 6. The number of hydrogen-bond donors (Lipinski definition) is 1. The minimum Gasteiger partial charge on any atom is -0.494 e. The number of ether oxygens (including phenoxy) is 2. The van der Waals surface area contributed by atoms with E-state index in [1.54, 1.807) is 22.0 Å². The Kier molecular flexibility index (Phi) is 8.97. The van der Waals surface area contributed by atoms with Crippen molar-refractivity contribution < 1.29 is 29.0 Å². The number of likely N-dealkylation sites (tertiary alicyclic amines) is 1. The third-order valence-electron chi connectivity index (χ3n) is 9.93. The van der Waals surface area contributed by atoms with Crippen LogP contribution in [-0.2, 0) is 19.1 Å². The predicted octanol–water partition coefficient (Wildman–Crippen LogP) is 4.44. The zero-order chi connectivity index (χ0) is 32.7. The summed E-state index contributed by atoms with van der Waals surface area (Å²) in [4.78, 5) is 48.7. The molecule has 2 aromatic carbocycles. The molecule has 3 amide bonds. The van der Waals surface area contributed by atoms with E-state index in [0.717, 1.165) is 16.8 Å². The smallest absolute Gasteiger partial charge is 0.253 e. The summed E-state index contributed by atoms with van der Waals surface area (Å²) in [7, 11) is 0. The van der Waals surface area contributed by atoms with Crippen LogP contribution in [0.4, 0.5) is 11.4 Å². The number of rotatable bonds is 12. The van der Waals surface area contributed by atoms with Gasteiger partial charge in [0.25, 0.3) is 5.91 Å². The molecule has 5 rings (SSSR count). The highest BCUT2D eigenvalue weighted by Crippen LogP contribution is 2.65. The molecule has 0 aliphatic carbocycles. The van der Waals surface area contributed by atoms with Crippen LogP contribution in [0, 0.1) is 31.6 Å². The predicted molar refractivity (Wildman–Crippen MR) is 174 cm³/mol. The highest BCUT2D eigenvalue weighted by Gasteiger charge is 2.80. The fraction of sp³-hybridized carbons (Fsp3) is 0.472. The number of aliphatic hydroxyl groups excluding tert-OH is 1. The lowest BCUT2D eigenvalue weighted by Gasteiger charge is -2.39. The third kappa shape index (κ3) is 5.16. The Labute approximate surface area is 266 Å². The number of benzene rings is 2. The summed E-state index contributed by atoms with van der Waals surface area (Å²) in [6.07, 6.45) is 3.75. The zero-order valence-corrected chi connectivity index (χ0v) is 27.0. The molecule has 2 bridgehead atoms. The third-order valence-corrected chi connectivity index (χ3v) is 9.93. The second-order valence-corrected chi connectivity index (χ2v) is 12.7. The van der Waals surface area contributed by atoms with Gasteiger partial charge in [0.15, 0.2) is 0 Å². The molecule has 6 atom stereocenters. The molecule has 3 fully saturated rings. The van der Waals surface area contributed by atoms with E-state index in [0.29, 0.717) is 24.5 Å². The fourth-order valence-electron chi connectivity index (χ4n) is 7.84. The lowest BCUT2D eigenvalue weighted by Crippen LogP contribution is -2.57. The summed E-state index contributed by atoms with van der Waals surface area (Å²) in [5, 5.41) is 10.1. The number of anilines is 2. The summed E-state index contributed by atoms with van der Waals surface area (Å²) >= 11 is 0. The maximum absolute atomic E-state index is 14.8. The Morgan fingerprint density at radius 3 is 2.38 bits per heavy atom. The van der Waals surface area contributed by atoms with Crippen molar-refractivity contribution in [2.24, 2.45) is 17.8 Å². The van der Waals surface area contributed by atoms with Crippen molar-refractivity contribution >= 4 is 29.1 Å². The van der Waals surface area contributed by atoms with Gasteiger partial charge in [0.2, 0.25) is 11.8 Å². The minimum atomic E-state index is -1.24. The van der Waals surface area contributed by atoms with Gasteiger partial charge in [-0.1, -0.05) is 31.2 Å². The molecule has 0 aromatic heterocycles. The van der Waals surface area contributed by atoms with Gasteiger partial charge in [-0.25, -0.2) is 0 Å². The van der Waals surface area contributed by atoms with Gasteiger partial charge >= 0.3 is 0 Å². The summed E-state index contributed by atoms with van der Waals surface area (Å²) in [6, 6.07) is 12.1. The minimum absolute atomic E-state index is 0.0488. The summed E-state index contributed by atoms with van der Waals surface area (Å²) < 4.78 is 12.5. The molecule has 45 heavy (non-hydrogen) atoms. The van der Waals surface area contributed by atoms with Crippen LogP contribution >= 0.6 is 0 Å². The second kappa shape index (κ2) is 12.4. The number of aryl methyl sites for hydroxylation is 2. The number of carbonyl (C=O) groups excluding carboxylic acids is 3. The van der Waals surface area contributed by atoms with E-state index < -0.39 is 29.1 Å². The van der Waals surface area contributed by atoms with Crippen molar-refractivity contribution in [3.05, 3.63) is 78.9 Å². The lowest BCUT2D eigenvalue weighted by atomic mass is 9.62. The first-order valence-electron chi connectivity index (χ1n) is 15.7. The molecule has 3 unspecified atom stereocenters. The number of carbonyl (C=O) groups is 3. The van der Waals surface area contributed by atoms with Gasteiger partial charge in [-0.2, -0.15) is 0 Å². The SMILES string of the molecule is C=CCN(C(=O)[C@H]1[C@H]2C(=O)N(CCO)C(C(=O)N(CC=C)c3cc(C)ccc3C)C23CC(C)[C@]1(C)O3)c1ccc(OCC)cc1. The van der Waals surface area contributed by atoms with Crippen LogP contribution < -0.4 is 14.5 Å². The summed E-state index contributed by atoms with van der Waals surface area (Å²) in [5.74, 6) is -2.11. The van der Waals surface area contributed by atoms with Gasteiger partial charge in [-0.05, 0) is 81.5 Å². The van der Waals surface area contributed by atoms with E-state index in [9.17, 15) is 19.5 Å². The summed E-state index contributed by atoms with van der Waals surface area (Å²) in [5.41, 5.74) is 1.03. The van der Waals surface area contributed by atoms with Crippen LogP contribution in [0.5, 0.6) is 5.75 Å². The largest absolute Gasteiger partial charge is 0.494 e. The molecular weight excluding hydrogens is 570 g/mol. The molecule has 1 spiro atoms. The maximum atomic E-state index is 14.8. The van der Waals surface area contributed by atoms with Crippen molar-refractivity contribution in [3.63, 3.8) is 0 Å². The van der Waals surface area contributed by atoms with Gasteiger partial charge < -0.3 is 29.3 Å². The number of amides is 3. The zero-order valence-electron chi connectivity index (χ0n) is 27.0. The van der Waals surface area contributed by atoms with Crippen LogP contribution in [0.3, 0.4) is 0 Å². The molecule has 0 radical (unpaired) electrons. The molecular formula is C36H45N3O6. The first-order valence-corrected chi connectivity index (χ1v) is 15.7. The van der Waals surface area contributed by atoms with Crippen molar-refractivity contribution in [2.75, 3.05) is 42.6 Å². The maximum Gasteiger partial charge on any atom is 0.253 e. The summed E-state index contributed by atoms with van der Waals surface area (Å²) in [6.45, 7) is 18.1. The average molecular weight is 616 g/mol. The van der Waals surface area contributed by atoms with Crippen LogP contribution in [0.25, 0.3) is 0 Å². The molecule has 1 N–H and O–H groups in total. The van der Waals surface area contributed by atoms with Gasteiger partial charge in [0.1, 0.15) is 17.4 Å². The Bertz CT molecular complexity index is 1490. The molecule has 3 aliphatic heterocycles. The van der Waals surface area contributed by atoms with E-state index >= 15 is 0 Å². The standard InChI is InChI=1S/C36H45N3O6/c1-8-17-37(26-13-15-27(16-14-26)44-10-3)32(41)29-30-33(42)39(19-20-40)31(36(30)22-25(6)35(29,7)45-36)34(43)38(18-9-2)28-21-23(4)11-12-24(28)5/h8-9,11-16,21,25,29-31,40H,1-2,10,17-20,22H2,3-7H3/t25?,29-,30+,31?,35+,36?/m1/s1. The van der Waals surface area contributed by atoms with E-state index in [1.165, 1.54) is 4.90 Å². The van der Waals surface area contributed by atoms with Crippen molar-refractivity contribution in [1.29, 1.82) is 0 Å².